The Hall–Kier alpha value is -4.47. The maximum absolute atomic E-state index is 13.4. The lowest BCUT2D eigenvalue weighted by Gasteiger charge is -2.18. The summed E-state index contributed by atoms with van der Waals surface area (Å²) in [7, 11) is 0. The van der Waals surface area contributed by atoms with Crippen LogP contribution in [0.2, 0.25) is 0 Å². The van der Waals surface area contributed by atoms with Gasteiger partial charge in [-0.2, -0.15) is 0 Å². The van der Waals surface area contributed by atoms with E-state index in [-0.39, 0.29) is 29.3 Å². The van der Waals surface area contributed by atoms with Crippen LogP contribution in [-0.2, 0) is 20.8 Å². The van der Waals surface area contributed by atoms with Gasteiger partial charge in [-0.25, -0.2) is 14.0 Å². The maximum Gasteiger partial charge on any atom is 0.340 e. The van der Waals surface area contributed by atoms with Crippen LogP contribution in [0.5, 0.6) is 0 Å². The number of carbonyl (C=O) groups is 3. The summed E-state index contributed by atoms with van der Waals surface area (Å²) in [6.45, 7) is 4.56. The molecule has 3 N–H and O–H groups in total. The fourth-order valence-corrected chi connectivity index (χ4v) is 4.11. The predicted octanol–water partition coefficient (Wildman–Crippen LogP) is 3.54. The zero-order valence-corrected chi connectivity index (χ0v) is 20.4. The Labute approximate surface area is 210 Å². The average molecular weight is 509 g/mol. The van der Waals surface area contributed by atoms with Crippen molar-refractivity contribution in [2.24, 2.45) is 5.92 Å². The highest BCUT2D eigenvalue weighted by molar-refractivity contribution is 6.02. The van der Waals surface area contributed by atoms with Gasteiger partial charge in [0, 0.05) is 22.4 Å². The van der Waals surface area contributed by atoms with Crippen LogP contribution in [0.25, 0.3) is 33.1 Å². The highest BCUT2D eigenvalue weighted by Crippen LogP contribution is 2.34. The van der Waals surface area contributed by atoms with Crippen molar-refractivity contribution in [3.8, 4) is 11.1 Å². The summed E-state index contributed by atoms with van der Waals surface area (Å²) in [5.41, 5.74) is 2.20. The highest BCUT2D eigenvalue weighted by atomic mass is 19.1. The van der Waals surface area contributed by atoms with Crippen molar-refractivity contribution in [2.75, 3.05) is 6.54 Å². The van der Waals surface area contributed by atoms with Gasteiger partial charge >= 0.3 is 11.6 Å². The quantitative estimate of drug-likeness (QED) is 0.310. The second kappa shape index (κ2) is 10.3. The number of halogens is 1. The number of carboxylic acids is 1. The first-order valence-electron chi connectivity index (χ1n) is 11.6. The van der Waals surface area contributed by atoms with E-state index in [4.69, 9.17) is 8.83 Å². The lowest BCUT2D eigenvalue weighted by Crippen LogP contribution is -2.48. The van der Waals surface area contributed by atoms with Crippen LogP contribution in [0.3, 0.4) is 0 Å². The van der Waals surface area contributed by atoms with E-state index in [1.54, 1.807) is 45.0 Å². The number of aryl methyl sites for hydroxylation is 1. The fraction of sp³-hybridized carbons (Fsp3) is 0.259. The van der Waals surface area contributed by atoms with E-state index < -0.39 is 36.0 Å². The Morgan fingerprint density at radius 1 is 1.03 bits per heavy atom. The van der Waals surface area contributed by atoms with Crippen LogP contribution in [-0.4, -0.2) is 35.5 Å². The number of carboxylic acid groups (broad SMARTS) is 1. The van der Waals surface area contributed by atoms with Crippen LogP contribution in [0, 0.1) is 18.7 Å². The molecule has 0 bridgehead atoms. The summed E-state index contributed by atoms with van der Waals surface area (Å²) >= 11 is 0. The third-order valence-corrected chi connectivity index (χ3v) is 6.17. The number of amides is 2. The summed E-state index contributed by atoms with van der Waals surface area (Å²) < 4.78 is 24.5. The molecule has 0 aliphatic heterocycles. The summed E-state index contributed by atoms with van der Waals surface area (Å²) in [5, 5.41) is 15.3. The van der Waals surface area contributed by atoms with Crippen LogP contribution in [0.4, 0.5) is 4.39 Å². The van der Waals surface area contributed by atoms with Crippen molar-refractivity contribution in [3.05, 3.63) is 70.0 Å². The third kappa shape index (κ3) is 5.37. The summed E-state index contributed by atoms with van der Waals surface area (Å²) in [6, 6.07) is 8.26. The molecule has 0 aliphatic rings. The van der Waals surface area contributed by atoms with E-state index in [1.165, 1.54) is 18.4 Å². The maximum atomic E-state index is 13.4. The topological polar surface area (TPSA) is 139 Å². The molecule has 2 amide bonds. The molecular formula is C27H25FN2O7. The summed E-state index contributed by atoms with van der Waals surface area (Å²) in [5.74, 6) is -3.13. The molecule has 0 radical (unpaired) electrons. The minimum atomic E-state index is -1.17. The van der Waals surface area contributed by atoms with Gasteiger partial charge in [0.1, 0.15) is 23.0 Å². The second-order valence-electron chi connectivity index (χ2n) is 9.07. The van der Waals surface area contributed by atoms with Crippen LogP contribution in [0.1, 0.15) is 25.0 Å². The van der Waals surface area contributed by atoms with Crippen molar-refractivity contribution in [2.45, 2.75) is 33.2 Å². The molecule has 37 heavy (non-hydrogen) atoms. The molecule has 4 rings (SSSR count). The Morgan fingerprint density at radius 3 is 2.38 bits per heavy atom. The molecular weight excluding hydrogens is 483 g/mol. The molecule has 0 spiro atoms. The van der Waals surface area contributed by atoms with Crippen LogP contribution in [0.15, 0.2) is 56.3 Å². The molecule has 0 saturated heterocycles. The van der Waals surface area contributed by atoms with Crippen LogP contribution >= 0.6 is 0 Å². The fourth-order valence-electron chi connectivity index (χ4n) is 4.11. The Kier molecular flexibility index (Phi) is 7.10. The normalized spacial score (nSPS) is 12.1. The molecule has 0 saturated carbocycles. The smallest absolute Gasteiger partial charge is 0.340 e. The standard InChI is InChI=1S/C27H25FN2O7/c1-13(2)25(26(33)34)30-24(32)11-29-23(31)9-18-14(3)17-8-19-20(15-4-6-16(28)7-5-15)12-36-21(19)10-22(17)37-27(18)35/h4-8,10,12-13,25H,9,11H2,1-3H3,(H,29,31)(H,30,32)(H,33,34). The van der Waals surface area contributed by atoms with Crippen molar-refractivity contribution in [1.29, 1.82) is 0 Å². The van der Waals surface area contributed by atoms with E-state index >= 15 is 0 Å². The van der Waals surface area contributed by atoms with Gasteiger partial charge in [0.05, 0.1) is 24.8 Å². The average Bonchev–Trinajstić information content (AvgIpc) is 3.25. The zero-order valence-electron chi connectivity index (χ0n) is 20.4. The predicted molar refractivity (Wildman–Crippen MR) is 134 cm³/mol. The first-order chi connectivity index (χ1) is 17.5. The first kappa shape index (κ1) is 25.6. The highest BCUT2D eigenvalue weighted by Gasteiger charge is 2.24. The van der Waals surface area contributed by atoms with Gasteiger partial charge in [-0.05, 0) is 42.2 Å². The largest absolute Gasteiger partial charge is 0.480 e. The Balaban J connectivity index is 1.57. The second-order valence-corrected chi connectivity index (χ2v) is 9.07. The van der Waals surface area contributed by atoms with Crippen molar-refractivity contribution in [3.63, 3.8) is 0 Å². The molecule has 0 aliphatic carbocycles. The van der Waals surface area contributed by atoms with Gasteiger partial charge in [0.15, 0.2) is 0 Å². The number of hydrogen-bond acceptors (Lipinski definition) is 6. The SMILES string of the molecule is Cc1c(CC(=O)NCC(=O)NC(C(=O)O)C(C)C)c(=O)oc2cc3occ(-c4ccc(F)cc4)c3cc12. The lowest BCUT2D eigenvalue weighted by atomic mass is 9.99. The summed E-state index contributed by atoms with van der Waals surface area (Å²) in [4.78, 5) is 48.5. The Bertz CT molecular complexity index is 1570. The van der Waals surface area contributed by atoms with E-state index in [1.807, 2.05) is 0 Å². The zero-order chi connectivity index (χ0) is 26.9. The molecule has 4 aromatic rings. The summed E-state index contributed by atoms with van der Waals surface area (Å²) in [6.07, 6.45) is 1.20. The molecule has 9 nitrogen and oxygen atoms in total. The minimum Gasteiger partial charge on any atom is -0.480 e. The molecule has 2 heterocycles. The van der Waals surface area contributed by atoms with Gasteiger partial charge < -0.3 is 24.6 Å². The number of hydrogen-bond donors (Lipinski definition) is 3. The molecule has 192 valence electrons. The number of furan rings is 1. The van der Waals surface area contributed by atoms with Crippen molar-refractivity contribution >= 4 is 39.7 Å². The van der Waals surface area contributed by atoms with E-state index in [2.05, 4.69) is 10.6 Å². The molecule has 1 unspecified atom stereocenters. The van der Waals surface area contributed by atoms with E-state index in [9.17, 15) is 28.7 Å². The number of benzene rings is 2. The first-order valence-corrected chi connectivity index (χ1v) is 11.6. The number of fused-ring (bicyclic) bond motifs is 2. The molecule has 1 atom stereocenters. The van der Waals surface area contributed by atoms with Crippen molar-refractivity contribution in [1.82, 2.24) is 10.6 Å². The van der Waals surface area contributed by atoms with Crippen molar-refractivity contribution < 1.29 is 32.7 Å². The number of aliphatic carboxylic acids is 1. The van der Waals surface area contributed by atoms with Gasteiger partial charge in [-0.15, -0.1) is 0 Å². The van der Waals surface area contributed by atoms with Gasteiger partial charge in [0.25, 0.3) is 0 Å². The molecule has 10 heteroatoms. The monoisotopic (exact) mass is 508 g/mol. The number of nitrogens with one attached hydrogen (secondary N) is 2. The van der Waals surface area contributed by atoms with E-state index in [0.29, 0.717) is 16.5 Å². The third-order valence-electron chi connectivity index (χ3n) is 6.17. The lowest BCUT2D eigenvalue weighted by molar-refractivity contribution is -0.143. The number of carbonyl (C=O) groups excluding carboxylic acids is 2. The minimum absolute atomic E-state index is 0.127. The molecule has 2 aromatic heterocycles. The van der Waals surface area contributed by atoms with Gasteiger partial charge in [0.2, 0.25) is 11.8 Å². The van der Waals surface area contributed by atoms with Gasteiger partial charge in [-0.3, -0.25) is 9.59 Å². The number of rotatable bonds is 8. The van der Waals surface area contributed by atoms with Gasteiger partial charge in [-0.1, -0.05) is 26.0 Å². The van der Waals surface area contributed by atoms with Crippen LogP contribution < -0.4 is 16.3 Å². The molecule has 0 fully saturated rings. The van der Waals surface area contributed by atoms with E-state index in [0.717, 1.165) is 16.5 Å². The Morgan fingerprint density at radius 2 is 1.73 bits per heavy atom. The molecule has 2 aromatic carbocycles.